The number of carbonyl (C=O) groups is 1. The molecule has 1 saturated heterocycles. The van der Waals surface area contributed by atoms with Crippen LogP contribution in [0, 0.1) is 0 Å². The predicted octanol–water partition coefficient (Wildman–Crippen LogP) is 2.87. The highest BCUT2D eigenvalue weighted by atomic mass is 35.5. The lowest BCUT2D eigenvalue weighted by Crippen LogP contribution is -2.56. The van der Waals surface area contributed by atoms with E-state index in [1.807, 2.05) is 19.1 Å². The molecule has 0 bridgehead atoms. The number of thiophene rings is 1. The quantitative estimate of drug-likeness (QED) is 0.862. The third-order valence-electron chi connectivity index (χ3n) is 3.92. The molecule has 1 aliphatic rings. The minimum absolute atomic E-state index is 0.0519. The Morgan fingerprint density at radius 3 is 2.73 bits per heavy atom. The van der Waals surface area contributed by atoms with E-state index in [4.69, 9.17) is 16.3 Å². The number of ether oxygens (including phenoxy) is 1. The maximum atomic E-state index is 12.1. The number of halogens is 1. The zero-order valence-corrected chi connectivity index (χ0v) is 14.9. The van der Waals surface area contributed by atoms with Crippen LogP contribution in [0.5, 0.6) is 0 Å². The van der Waals surface area contributed by atoms with Gasteiger partial charge in [0.2, 0.25) is 0 Å². The first-order valence-electron chi connectivity index (χ1n) is 7.51. The SMILES string of the molecule is CC(NC(=O)NCC(C)(C)N1CCOCC1)c1ccc(Cl)s1. The van der Waals surface area contributed by atoms with Gasteiger partial charge in [-0.3, -0.25) is 4.90 Å². The Kier molecular flexibility index (Phi) is 6.09. The van der Waals surface area contributed by atoms with Crippen molar-refractivity contribution in [3.63, 3.8) is 0 Å². The Hall–Kier alpha value is -0.820. The van der Waals surface area contributed by atoms with E-state index < -0.39 is 0 Å². The molecule has 1 fully saturated rings. The van der Waals surface area contributed by atoms with E-state index in [1.54, 1.807) is 0 Å². The van der Waals surface area contributed by atoms with Crippen molar-refractivity contribution in [3.8, 4) is 0 Å². The van der Waals surface area contributed by atoms with E-state index in [1.165, 1.54) is 11.3 Å². The van der Waals surface area contributed by atoms with Crippen LogP contribution < -0.4 is 10.6 Å². The fraction of sp³-hybridized carbons (Fsp3) is 0.667. The molecule has 1 aromatic rings. The van der Waals surface area contributed by atoms with Gasteiger partial charge in [0, 0.05) is 30.1 Å². The number of nitrogens with zero attached hydrogens (tertiary/aromatic N) is 1. The van der Waals surface area contributed by atoms with Gasteiger partial charge in [0.1, 0.15) is 0 Å². The lowest BCUT2D eigenvalue weighted by molar-refractivity contribution is -0.00876. The predicted molar refractivity (Wildman–Crippen MR) is 90.7 cm³/mol. The van der Waals surface area contributed by atoms with Crippen LogP contribution in [0.3, 0.4) is 0 Å². The van der Waals surface area contributed by atoms with Gasteiger partial charge in [-0.1, -0.05) is 11.6 Å². The molecule has 2 heterocycles. The number of hydrogen-bond acceptors (Lipinski definition) is 4. The maximum absolute atomic E-state index is 12.1. The highest BCUT2D eigenvalue weighted by molar-refractivity contribution is 7.16. The van der Waals surface area contributed by atoms with Crippen molar-refractivity contribution in [1.82, 2.24) is 15.5 Å². The van der Waals surface area contributed by atoms with Gasteiger partial charge < -0.3 is 15.4 Å². The van der Waals surface area contributed by atoms with Crippen molar-refractivity contribution < 1.29 is 9.53 Å². The molecule has 22 heavy (non-hydrogen) atoms. The van der Waals surface area contributed by atoms with E-state index in [9.17, 15) is 4.79 Å². The highest BCUT2D eigenvalue weighted by Crippen LogP contribution is 2.26. The van der Waals surface area contributed by atoms with Crippen molar-refractivity contribution in [2.24, 2.45) is 0 Å². The molecular formula is C15H24ClN3O2S. The number of carbonyl (C=O) groups excluding carboxylic acids is 1. The van der Waals surface area contributed by atoms with Crippen LogP contribution in [-0.4, -0.2) is 49.3 Å². The van der Waals surface area contributed by atoms with E-state index in [0.29, 0.717) is 6.54 Å². The normalized spacial score (nSPS) is 18.0. The Morgan fingerprint density at radius 2 is 2.14 bits per heavy atom. The summed E-state index contributed by atoms with van der Waals surface area (Å²) in [7, 11) is 0. The molecule has 124 valence electrons. The van der Waals surface area contributed by atoms with Gasteiger partial charge in [0.15, 0.2) is 0 Å². The Bertz CT molecular complexity index is 501. The molecule has 5 nitrogen and oxygen atoms in total. The molecule has 1 atom stereocenters. The third kappa shape index (κ3) is 4.84. The van der Waals surface area contributed by atoms with Crippen molar-refractivity contribution in [2.45, 2.75) is 32.4 Å². The van der Waals surface area contributed by atoms with Crippen LogP contribution >= 0.6 is 22.9 Å². The van der Waals surface area contributed by atoms with E-state index >= 15 is 0 Å². The van der Waals surface area contributed by atoms with Crippen molar-refractivity contribution in [2.75, 3.05) is 32.8 Å². The molecule has 7 heteroatoms. The molecule has 1 aliphatic heterocycles. The second-order valence-corrected chi connectivity index (χ2v) is 7.85. The first kappa shape index (κ1) is 17.5. The number of rotatable bonds is 5. The summed E-state index contributed by atoms with van der Waals surface area (Å²) in [6.07, 6.45) is 0. The number of nitrogens with one attached hydrogen (secondary N) is 2. The second-order valence-electron chi connectivity index (χ2n) is 6.10. The zero-order valence-electron chi connectivity index (χ0n) is 13.3. The molecule has 1 aromatic heterocycles. The van der Waals surface area contributed by atoms with Crippen LogP contribution in [-0.2, 0) is 4.74 Å². The Labute approximate surface area is 141 Å². The van der Waals surface area contributed by atoms with E-state index in [2.05, 4.69) is 29.4 Å². The van der Waals surface area contributed by atoms with Crippen molar-refractivity contribution >= 4 is 29.0 Å². The summed E-state index contributed by atoms with van der Waals surface area (Å²) in [5.74, 6) is 0. The van der Waals surface area contributed by atoms with Crippen molar-refractivity contribution in [3.05, 3.63) is 21.3 Å². The highest BCUT2D eigenvalue weighted by Gasteiger charge is 2.28. The molecule has 2 N–H and O–H groups in total. The average molecular weight is 346 g/mol. The maximum Gasteiger partial charge on any atom is 0.315 e. The number of hydrogen-bond donors (Lipinski definition) is 2. The standard InChI is InChI=1S/C15H24ClN3O2S/c1-11(12-4-5-13(16)22-12)18-14(20)17-10-15(2,3)19-6-8-21-9-7-19/h4-5,11H,6-10H2,1-3H3,(H2,17,18,20). The third-order valence-corrected chi connectivity index (χ3v) is 5.33. The minimum atomic E-state index is -0.154. The number of amides is 2. The summed E-state index contributed by atoms with van der Waals surface area (Å²) < 4.78 is 6.11. The Balaban J connectivity index is 1.79. The first-order chi connectivity index (χ1) is 10.4. The molecule has 0 saturated carbocycles. The topological polar surface area (TPSA) is 53.6 Å². The molecule has 0 radical (unpaired) electrons. The molecule has 1 unspecified atom stereocenters. The van der Waals surface area contributed by atoms with E-state index in [0.717, 1.165) is 35.5 Å². The van der Waals surface area contributed by atoms with Gasteiger partial charge in [-0.05, 0) is 32.9 Å². The van der Waals surface area contributed by atoms with Crippen molar-refractivity contribution in [1.29, 1.82) is 0 Å². The summed E-state index contributed by atoms with van der Waals surface area (Å²) in [5, 5.41) is 5.91. The molecule has 2 rings (SSSR count). The Morgan fingerprint density at radius 1 is 1.45 bits per heavy atom. The summed E-state index contributed by atoms with van der Waals surface area (Å²) in [6.45, 7) is 10.1. The molecular weight excluding hydrogens is 322 g/mol. The average Bonchev–Trinajstić information content (AvgIpc) is 2.93. The van der Waals surface area contributed by atoms with Gasteiger partial charge in [0.05, 0.1) is 23.6 Å². The van der Waals surface area contributed by atoms with Crippen LogP contribution in [0.25, 0.3) is 0 Å². The lowest BCUT2D eigenvalue weighted by atomic mass is 10.0. The fourth-order valence-electron chi connectivity index (χ4n) is 2.46. The number of morpholine rings is 1. The van der Waals surface area contributed by atoms with Crippen LogP contribution in [0.4, 0.5) is 4.79 Å². The minimum Gasteiger partial charge on any atom is -0.379 e. The summed E-state index contributed by atoms with van der Waals surface area (Å²) in [6, 6.07) is 3.58. The lowest BCUT2D eigenvalue weighted by Gasteiger charge is -2.40. The van der Waals surface area contributed by atoms with Gasteiger partial charge >= 0.3 is 6.03 Å². The monoisotopic (exact) mass is 345 g/mol. The van der Waals surface area contributed by atoms with Gasteiger partial charge in [-0.15, -0.1) is 11.3 Å². The molecule has 0 aromatic carbocycles. The van der Waals surface area contributed by atoms with E-state index in [-0.39, 0.29) is 17.6 Å². The number of urea groups is 1. The first-order valence-corrected chi connectivity index (χ1v) is 8.70. The molecule has 2 amide bonds. The zero-order chi connectivity index (χ0) is 16.2. The fourth-order valence-corrected chi connectivity index (χ4v) is 3.52. The van der Waals surface area contributed by atoms with Crippen LogP contribution in [0.1, 0.15) is 31.7 Å². The largest absolute Gasteiger partial charge is 0.379 e. The van der Waals surface area contributed by atoms with Gasteiger partial charge in [-0.25, -0.2) is 4.79 Å². The van der Waals surface area contributed by atoms with Gasteiger partial charge in [0.25, 0.3) is 0 Å². The summed E-state index contributed by atoms with van der Waals surface area (Å²) in [5.41, 5.74) is -0.0867. The molecule has 0 aliphatic carbocycles. The second kappa shape index (κ2) is 7.64. The molecule has 0 spiro atoms. The summed E-state index contributed by atoms with van der Waals surface area (Å²) in [4.78, 5) is 15.5. The van der Waals surface area contributed by atoms with Crippen LogP contribution in [0.2, 0.25) is 4.34 Å². The smallest absolute Gasteiger partial charge is 0.315 e. The van der Waals surface area contributed by atoms with Gasteiger partial charge in [-0.2, -0.15) is 0 Å². The summed E-state index contributed by atoms with van der Waals surface area (Å²) >= 11 is 7.41. The van der Waals surface area contributed by atoms with Crippen LogP contribution in [0.15, 0.2) is 12.1 Å².